The SMILES string of the molecule is Cc1cc(F)cc(C(=O)C(=O)c2ccc(OC(F)F)c(C)c2)c1. The molecule has 0 spiro atoms. The largest absolute Gasteiger partial charge is 0.435 e. The maximum absolute atomic E-state index is 13.3. The topological polar surface area (TPSA) is 43.4 Å². The zero-order valence-corrected chi connectivity index (χ0v) is 12.4. The number of rotatable bonds is 5. The first kappa shape index (κ1) is 16.7. The molecule has 6 heteroatoms. The second-order valence-electron chi connectivity index (χ2n) is 5.03. The van der Waals surface area contributed by atoms with Crippen LogP contribution in [0.15, 0.2) is 36.4 Å². The van der Waals surface area contributed by atoms with Crippen LogP contribution in [0.1, 0.15) is 31.8 Å². The summed E-state index contributed by atoms with van der Waals surface area (Å²) in [5.74, 6) is -2.40. The quantitative estimate of drug-likeness (QED) is 0.614. The van der Waals surface area contributed by atoms with E-state index in [2.05, 4.69) is 4.74 Å². The summed E-state index contributed by atoms with van der Waals surface area (Å²) >= 11 is 0. The Morgan fingerprint density at radius 3 is 2.17 bits per heavy atom. The Labute approximate surface area is 130 Å². The number of halogens is 3. The number of carbonyl (C=O) groups excluding carboxylic acids is 2. The first-order chi connectivity index (χ1) is 10.8. The van der Waals surface area contributed by atoms with Gasteiger partial charge in [0, 0.05) is 11.1 Å². The Bertz CT molecular complexity index is 749. The monoisotopic (exact) mass is 322 g/mol. The number of benzene rings is 2. The molecule has 0 saturated carbocycles. The van der Waals surface area contributed by atoms with E-state index in [1.807, 2.05) is 0 Å². The third-order valence-electron chi connectivity index (χ3n) is 3.16. The highest BCUT2D eigenvalue weighted by Gasteiger charge is 2.20. The van der Waals surface area contributed by atoms with Crippen molar-refractivity contribution in [1.29, 1.82) is 0 Å². The molecule has 0 heterocycles. The molecule has 3 nitrogen and oxygen atoms in total. The van der Waals surface area contributed by atoms with Crippen LogP contribution in [-0.2, 0) is 0 Å². The summed E-state index contributed by atoms with van der Waals surface area (Å²) in [6.45, 7) is 0.100. The predicted molar refractivity (Wildman–Crippen MR) is 77.6 cm³/mol. The average molecular weight is 322 g/mol. The number of carbonyl (C=O) groups is 2. The number of hydrogen-bond donors (Lipinski definition) is 0. The summed E-state index contributed by atoms with van der Waals surface area (Å²) in [6.07, 6.45) is 0. The van der Waals surface area contributed by atoms with Crippen molar-refractivity contribution in [2.45, 2.75) is 20.5 Å². The van der Waals surface area contributed by atoms with E-state index in [1.54, 1.807) is 6.92 Å². The predicted octanol–water partition coefficient (Wildman–Crippen LogP) is 4.11. The Kier molecular flexibility index (Phi) is 4.83. The lowest BCUT2D eigenvalue weighted by Crippen LogP contribution is -2.15. The molecule has 23 heavy (non-hydrogen) atoms. The van der Waals surface area contributed by atoms with Gasteiger partial charge in [-0.05, 0) is 61.4 Å². The lowest BCUT2D eigenvalue weighted by Gasteiger charge is -2.09. The molecule has 0 bridgehead atoms. The van der Waals surface area contributed by atoms with Crippen molar-refractivity contribution < 1.29 is 27.5 Å². The smallest absolute Gasteiger partial charge is 0.387 e. The van der Waals surface area contributed by atoms with E-state index in [0.29, 0.717) is 11.1 Å². The fourth-order valence-electron chi connectivity index (χ4n) is 2.15. The molecule has 0 aliphatic heterocycles. The summed E-state index contributed by atoms with van der Waals surface area (Å²) in [4.78, 5) is 24.3. The van der Waals surface area contributed by atoms with E-state index in [1.165, 1.54) is 37.3 Å². The molecule has 0 aromatic heterocycles. The minimum atomic E-state index is -2.98. The molecule has 2 rings (SSSR count). The number of aryl methyl sites for hydroxylation is 2. The van der Waals surface area contributed by atoms with Crippen LogP contribution >= 0.6 is 0 Å². The van der Waals surface area contributed by atoms with Crippen molar-refractivity contribution in [3.8, 4) is 5.75 Å². The van der Waals surface area contributed by atoms with Crippen LogP contribution in [0.5, 0.6) is 5.75 Å². The van der Waals surface area contributed by atoms with Crippen LogP contribution in [-0.4, -0.2) is 18.2 Å². The van der Waals surface area contributed by atoms with Crippen LogP contribution in [0.3, 0.4) is 0 Å². The zero-order chi connectivity index (χ0) is 17.1. The molecule has 0 amide bonds. The summed E-state index contributed by atoms with van der Waals surface area (Å²) in [5.41, 5.74) is 0.770. The van der Waals surface area contributed by atoms with Gasteiger partial charge in [-0.25, -0.2) is 4.39 Å². The van der Waals surface area contributed by atoms with Crippen LogP contribution in [0, 0.1) is 19.7 Å². The first-order valence-electron chi connectivity index (χ1n) is 6.69. The zero-order valence-electron chi connectivity index (χ0n) is 12.4. The van der Waals surface area contributed by atoms with E-state index in [-0.39, 0.29) is 16.9 Å². The number of ether oxygens (including phenoxy) is 1. The van der Waals surface area contributed by atoms with Gasteiger partial charge in [-0.2, -0.15) is 8.78 Å². The summed E-state index contributed by atoms with van der Waals surface area (Å²) in [7, 11) is 0. The Morgan fingerprint density at radius 2 is 1.61 bits per heavy atom. The van der Waals surface area contributed by atoms with Gasteiger partial charge in [0.15, 0.2) is 0 Å². The van der Waals surface area contributed by atoms with Crippen molar-refractivity contribution in [3.63, 3.8) is 0 Å². The maximum Gasteiger partial charge on any atom is 0.387 e. The van der Waals surface area contributed by atoms with E-state index < -0.39 is 24.0 Å². The molecule has 0 saturated heterocycles. The number of alkyl halides is 2. The van der Waals surface area contributed by atoms with E-state index in [0.717, 1.165) is 6.07 Å². The van der Waals surface area contributed by atoms with Gasteiger partial charge in [0.2, 0.25) is 11.6 Å². The van der Waals surface area contributed by atoms with E-state index in [9.17, 15) is 22.8 Å². The van der Waals surface area contributed by atoms with Gasteiger partial charge >= 0.3 is 6.61 Å². The molecule has 0 N–H and O–H groups in total. The van der Waals surface area contributed by atoms with Crippen LogP contribution < -0.4 is 4.74 Å². The molecular weight excluding hydrogens is 309 g/mol. The highest BCUT2D eigenvalue weighted by atomic mass is 19.3. The summed E-state index contributed by atoms with van der Waals surface area (Å²) < 4.78 is 42.0. The summed E-state index contributed by atoms with van der Waals surface area (Å²) in [5, 5.41) is 0. The fraction of sp³-hybridized carbons (Fsp3) is 0.176. The van der Waals surface area contributed by atoms with Crippen LogP contribution in [0.2, 0.25) is 0 Å². The number of Topliss-reactive ketones (excluding diaryl/α,β-unsaturated/α-hetero) is 2. The molecule has 2 aromatic rings. The first-order valence-corrected chi connectivity index (χ1v) is 6.69. The second kappa shape index (κ2) is 6.64. The standard InChI is InChI=1S/C17H13F3O3/c1-9-5-12(8-13(18)6-9)16(22)15(21)11-3-4-14(10(2)7-11)23-17(19)20/h3-8,17H,1-2H3. The van der Waals surface area contributed by atoms with E-state index in [4.69, 9.17) is 0 Å². The highest BCUT2D eigenvalue weighted by Crippen LogP contribution is 2.22. The lowest BCUT2D eigenvalue weighted by molar-refractivity contribution is -0.0502. The van der Waals surface area contributed by atoms with Gasteiger partial charge in [-0.1, -0.05) is 0 Å². The molecule has 0 unspecified atom stereocenters. The van der Waals surface area contributed by atoms with Gasteiger partial charge in [0.05, 0.1) is 0 Å². The minimum Gasteiger partial charge on any atom is -0.435 e. The maximum atomic E-state index is 13.3. The molecule has 2 aromatic carbocycles. The number of ketones is 2. The fourth-order valence-corrected chi connectivity index (χ4v) is 2.15. The molecule has 0 aliphatic carbocycles. The second-order valence-corrected chi connectivity index (χ2v) is 5.03. The van der Waals surface area contributed by atoms with Crippen LogP contribution in [0.4, 0.5) is 13.2 Å². The van der Waals surface area contributed by atoms with E-state index >= 15 is 0 Å². The Hall–Kier alpha value is -2.63. The van der Waals surface area contributed by atoms with Crippen molar-refractivity contribution in [2.75, 3.05) is 0 Å². The third-order valence-corrected chi connectivity index (χ3v) is 3.16. The van der Waals surface area contributed by atoms with Gasteiger partial charge in [-0.15, -0.1) is 0 Å². The van der Waals surface area contributed by atoms with Gasteiger partial charge < -0.3 is 4.74 Å². The average Bonchev–Trinajstić information content (AvgIpc) is 2.46. The molecule has 120 valence electrons. The van der Waals surface area contributed by atoms with Crippen molar-refractivity contribution in [2.24, 2.45) is 0 Å². The molecular formula is C17H13F3O3. The van der Waals surface area contributed by atoms with Crippen molar-refractivity contribution in [3.05, 3.63) is 64.5 Å². The third kappa shape index (κ3) is 3.97. The Balaban J connectivity index is 2.29. The van der Waals surface area contributed by atoms with Crippen molar-refractivity contribution >= 4 is 11.6 Å². The van der Waals surface area contributed by atoms with Gasteiger partial charge in [0.25, 0.3) is 0 Å². The minimum absolute atomic E-state index is 0.0241. The number of hydrogen-bond acceptors (Lipinski definition) is 3. The Morgan fingerprint density at radius 1 is 0.957 bits per heavy atom. The highest BCUT2D eigenvalue weighted by molar-refractivity contribution is 6.49. The van der Waals surface area contributed by atoms with Gasteiger partial charge in [0.1, 0.15) is 11.6 Å². The lowest BCUT2D eigenvalue weighted by atomic mass is 9.99. The molecule has 0 radical (unpaired) electrons. The molecule has 0 atom stereocenters. The molecule has 0 aliphatic rings. The summed E-state index contributed by atoms with van der Waals surface area (Å²) in [6, 6.07) is 7.32. The van der Waals surface area contributed by atoms with Crippen LogP contribution in [0.25, 0.3) is 0 Å². The normalized spacial score (nSPS) is 10.7. The van der Waals surface area contributed by atoms with Gasteiger partial charge in [-0.3, -0.25) is 9.59 Å². The van der Waals surface area contributed by atoms with Crippen molar-refractivity contribution in [1.82, 2.24) is 0 Å². The molecule has 0 fully saturated rings.